The quantitative estimate of drug-likeness (QED) is 0.762. The number of benzene rings is 2. The summed E-state index contributed by atoms with van der Waals surface area (Å²) in [5, 5.41) is 3.52. The number of hydrogen-bond donors (Lipinski definition) is 1. The second kappa shape index (κ2) is 6.88. The summed E-state index contributed by atoms with van der Waals surface area (Å²) in [6.07, 6.45) is 0.895. The molecule has 1 aliphatic rings. The smallest absolute Gasteiger partial charge is 0.419 e. The monoisotopic (exact) mass is 372 g/mol. The number of rotatable bonds is 4. The molecule has 0 aliphatic carbocycles. The number of halogens is 1. The minimum absolute atomic E-state index is 0.0796. The van der Waals surface area contributed by atoms with Crippen molar-refractivity contribution in [3.8, 4) is 5.75 Å². The Balaban J connectivity index is 1.46. The molecular weight excluding hydrogens is 356 g/mol. The largest absolute Gasteiger partial charge is 0.493 e. The minimum Gasteiger partial charge on any atom is -0.493 e. The van der Waals surface area contributed by atoms with Gasteiger partial charge in [0.2, 0.25) is 5.91 Å². The van der Waals surface area contributed by atoms with Crippen LogP contribution in [0.15, 0.2) is 51.7 Å². The molecule has 26 heavy (non-hydrogen) atoms. The van der Waals surface area contributed by atoms with Crippen LogP contribution in [0.5, 0.6) is 5.75 Å². The van der Waals surface area contributed by atoms with Crippen LogP contribution in [0.2, 0.25) is 5.02 Å². The number of hydrogen-bond acceptors (Lipinski definition) is 4. The molecule has 0 spiro atoms. The molecule has 1 N–H and O–H groups in total. The fourth-order valence-electron chi connectivity index (χ4n) is 3.22. The molecule has 2 heterocycles. The standard InChI is InChI=1S/C19H17ClN2O4/c20-12-5-6-15-17(11-12)26-19(24)22(15)9-7-18(23)21-14-8-10-25-16-4-2-1-3-13(14)16/h1-6,11,14H,7-10H2,(H,21,23)/t14-/m1/s1. The molecule has 7 heteroatoms. The Labute approximate surface area is 154 Å². The summed E-state index contributed by atoms with van der Waals surface area (Å²) in [5.41, 5.74) is 2.03. The number of ether oxygens (including phenoxy) is 1. The number of fused-ring (bicyclic) bond motifs is 2. The van der Waals surface area contributed by atoms with Gasteiger partial charge in [-0.25, -0.2) is 4.79 Å². The lowest BCUT2D eigenvalue weighted by molar-refractivity contribution is -0.122. The van der Waals surface area contributed by atoms with Crippen LogP contribution in [-0.4, -0.2) is 17.1 Å². The van der Waals surface area contributed by atoms with Gasteiger partial charge in [-0.05, 0) is 18.2 Å². The molecule has 1 atom stereocenters. The maximum absolute atomic E-state index is 12.4. The highest BCUT2D eigenvalue weighted by Crippen LogP contribution is 2.31. The molecule has 3 aromatic rings. The van der Waals surface area contributed by atoms with Gasteiger partial charge < -0.3 is 14.5 Å². The molecule has 134 valence electrons. The second-order valence-corrected chi connectivity index (χ2v) is 6.61. The van der Waals surface area contributed by atoms with E-state index in [1.165, 1.54) is 4.57 Å². The summed E-state index contributed by atoms with van der Waals surface area (Å²) in [5.74, 6) is 0.186. The fourth-order valence-corrected chi connectivity index (χ4v) is 3.39. The third-order valence-electron chi connectivity index (χ3n) is 4.49. The molecule has 0 radical (unpaired) electrons. The molecule has 4 rings (SSSR count). The lowest BCUT2D eigenvalue weighted by Crippen LogP contribution is -2.33. The zero-order valence-electron chi connectivity index (χ0n) is 13.9. The van der Waals surface area contributed by atoms with Crippen molar-refractivity contribution in [3.63, 3.8) is 0 Å². The molecule has 1 amide bonds. The van der Waals surface area contributed by atoms with Gasteiger partial charge >= 0.3 is 5.76 Å². The van der Waals surface area contributed by atoms with Crippen LogP contribution in [-0.2, 0) is 11.3 Å². The predicted molar refractivity (Wildman–Crippen MR) is 97.5 cm³/mol. The van der Waals surface area contributed by atoms with Crippen molar-refractivity contribution in [2.24, 2.45) is 0 Å². The van der Waals surface area contributed by atoms with Gasteiger partial charge in [0.1, 0.15) is 5.75 Å². The van der Waals surface area contributed by atoms with Crippen molar-refractivity contribution in [2.45, 2.75) is 25.4 Å². The molecule has 6 nitrogen and oxygen atoms in total. The number of aromatic nitrogens is 1. The van der Waals surface area contributed by atoms with Crippen molar-refractivity contribution >= 4 is 28.6 Å². The highest BCUT2D eigenvalue weighted by Gasteiger charge is 2.22. The van der Waals surface area contributed by atoms with Crippen LogP contribution in [0.1, 0.15) is 24.4 Å². The summed E-state index contributed by atoms with van der Waals surface area (Å²) < 4.78 is 12.2. The van der Waals surface area contributed by atoms with E-state index in [1.807, 2.05) is 24.3 Å². The van der Waals surface area contributed by atoms with E-state index in [0.29, 0.717) is 22.7 Å². The number of oxazole rings is 1. The number of para-hydroxylation sites is 1. The van der Waals surface area contributed by atoms with Gasteiger partial charge in [-0.2, -0.15) is 0 Å². The first-order valence-corrected chi connectivity index (χ1v) is 8.79. The van der Waals surface area contributed by atoms with Crippen LogP contribution >= 0.6 is 11.6 Å². The fraction of sp³-hybridized carbons (Fsp3) is 0.263. The van der Waals surface area contributed by atoms with Crippen LogP contribution in [0.4, 0.5) is 0 Å². The van der Waals surface area contributed by atoms with Gasteiger partial charge in [-0.3, -0.25) is 9.36 Å². The Bertz CT molecular complexity index is 1020. The van der Waals surface area contributed by atoms with Crippen LogP contribution in [0, 0.1) is 0 Å². The van der Waals surface area contributed by atoms with Gasteiger partial charge in [-0.1, -0.05) is 29.8 Å². The molecule has 1 aliphatic heterocycles. The predicted octanol–water partition coefficient (Wildman–Crippen LogP) is 3.28. The van der Waals surface area contributed by atoms with E-state index >= 15 is 0 Å². The highest BCUT2D eigenvalue weighted by molar-refractivity contribution is 6.31. The first-order chi connectivity index (χ1) is 12.6. The first-order valence-electron chi connectivity index (χ1n) is 8.42. The summed E-state index contributed by atoms with van der Waals surface area (Å²) in [6, 6.07) is 12.6. The zero-order chi connectivity index (χ0) is 18.1. The number of aryl methyl sites for hydroxylation is 1. The number of carbonyl (C=O) groups excluding carboxylic acids is 1. The van der Waals surface area contributed by atoms with Crippen molar-refractivity contribution < 1.29 is 13.9 Å². The number of amides is 1. The Hall–Kier alpha value is -2.73. The van der Waals surface area contributed by atoms with Crippen LogP contribution < -0.4 is 15.8 Å². The van der Waals surface area contributed by atoms with Crippen LogP contribution in [0.25, 0.3) is 11.1 Å². The van der Waals surface area contributed by atoms with Crippen molar-refractivity contribution in [2.75, 3.05) is 6.61 Å². The summed E-state index contributed by atoms with van der Waals surface area (Å²) in [4.78, 5) is 24.4. The van der Waals surface area contributed by atoms with Crippen molar-refractivity contribution in [1.82, 2.24) is 9.88 Å². The summed E-state index contributed by atoms with van der Waals surface area (Å²) in [6.45, 7) is 0.804. The van der Waals surface area contributed by atoms with E-state index in [9.17, 15) is 9.59 Å². The Morgan fingerprint density at radius 2 is 2.12 bits per heavy atom. The van der Waals surface area contributed by atoms with Crippen LogP contribution in [0.3, 0.4) is 0 Å². The van der Waals surface area contributed by atoms with Crippen molar-refractivity contribution in [1.29, 1.82) is 0 Å². The Kier molecular flexibility index (Phi) is 4.42. The summed E-state index contributed by atoms with van der Waals surface area (Å²) in [7, 11) is 0. The normalized spacial score (nSPS) is 16.1. The van der Waals surface area contributed by atoms with E-state index < -0.39 is 5.76 Å². The summed E-state index contributed by atoms with van der Waals surface area (Å²) >= 11 is 5.91. The zero-order valence-corrected chi connectivity index (χ0v) is 14.7. The molecular formula is C19H17ClN2O4. The molecule has 1 aromatic heterocycles. The molecule has 0 bridgehead atoms. The molecule has 0 saturated carbocycles. The van der Waals surface area contributed by atoms with Gasteiger partial charge in [0.15, 0.2) is 5.58 Å². The van der Waals surface area contributed by atoms with Gasteiger partial charge in [-0.15, -0.1) is 0 Å². The van der Waals surface area contributed by atoms with E-state index in [2.05, 4.69) is 5.32 Å². The molecule has 2 aromatic carbocycles. The van der Waals surface area contributed by atoms with Gasteiger partial charge in [0.25, 0.3) is 0 Å². The van der Waals surface area contributed by atoms with E-state index in [-0.39, 0.29) is 24.9 Å². The SMILES string of the molecule is O=C(CCn1c(=O)oc2cc(Cl)ccc21)N[C@@H]1CCOc2ccccc21. The minimum atomic E-state index is -0.494. The number of carbonyl (C=O) groups is 1. The molecule has 0 unspecified atom stereocenters. The molecule has 0 saturated heterocycles. The Morgan fingerprint density at radius 1 is 1.27 bits per heavy atom. The second-order valence-electron chi connectivity index (χ2n) is 6.18. The third kappa shape index (κ3) is 3.20. The van der Waals surface area contributed by atoms with E-state index in [4.69, 9.17) is 20.8 Å². The first kappa shape index (κ1) is 16.7. The maximum Gasteiger partial charge on any atom is 0.419 e. The highest BCUT2D eigenvalue weighted by atomic mass is 35.5. The average Bonchev–Trinajstić information content (AvgIpc) is 2.94. The lowest BCUT2D eigenvalue weighted by atomic mass is 10.0. The van der Waals surface area contributed by atoms with Gasteiger partial charge in [0.05, 0.1) is 18.2 Å². The van der Waals surface area contributed by atoms with Gasteiger partial charge in [0, 0.05) is 36.0 Å². The third-order valence-corrected chi connectivity index (χ3v) is 4.72. The number of nitrogens with zero attached hydrogens (tertiary/aromatic N) is 1. The number of nitrogens with one attached hydrogen (secondary N) is 1. The van der Waals surface area contributed by atoms with E-state index in [1.54, 1.807) is 18.2 Å². The maximum atomic E-state index is 12.4. The average molecular weight is 373 g/mol. The van der Waals surface area contributed by atoms with Crippen molar-refractivity contribution in [3.05, 3.63) is 63.6 Å². The topological polar surface area (TPSA) is 73.5 Å². The molecule has 0 fully saturated rings. The Morgan fingerprint density at radius 3 is 3.00 bits per heavy atom. The van der Waals surface area contributed by atoms with E-state index in [0.717, 1.165) is 17.7 Å². The lowest BCUT2D eigenvalue weighted by Gasteiger charge is -2.26.